The normalized spacial score (nSPS) is 14.6. The third-order valence-electron chi connectivity index (χ3n) is 3.24. The Hall–Kier alpha value is -1.52. The predicted octanol–water partition coefficient (Wildman–Crippen LogP) is 2.94. The number of halogens is 1. The average Bonchev–Trinajstić information content (AvgIpc) is 3.16. The standard InChI is InChI=1S/C14H15ClN2O2/c15-13-5-10(7-18)1-4-14(13)19-8-12-6-16-9-17(12)11-2-3-11/h1,4-6,9,11,18H,2-3,7-8H2. The smallest absolute Gasteiger partial charge is 0.138 e. The second kappa shape index (κ2) is 5.23. The van der Waals surface area contributed by atoms with E-state index in [2.05, 4.69) is 9.55 Å². The van der Waals surface area contributed by atoms with E-state index in [9.17, 15) is 0 Å². The van der Waals surface area contributed by atoms with E-state index in [0.29, 0.717) is 23.4 Å². The Morgan fingerprint density at radius 3 is 2.95 bits per heavy atom. The van der Waals surface area contributed by atoms with Crippen LogP contribution in [0.4, 0.5) is 0 Å². The summed E-state index contributed by atoms with van der Waals surface area (Å²) in [6.07, 6.45) is 6.12. The molecule has 19 heavy (non-hydrogen) atoms. The van der Waals surface area contributed by atoms with Gasteiger partial charge in [-0.3, -0.25) is 0 Å². The number of nitrogens with zero attached hydrogens (tertiary/aromatic N) is 2. The highest BCUT2D eigenvalue weighted by molar-refractivity contribution is 6.32. The van der Waals surface area contributed by atoms with E-state index in [0.717, 1.165) is 11.3 Å². The van der Waals surface area contributed by atoms with Gasteiger partial charge < -0.3 is 14.4 Å². The van der Waals surface area contributed by atoms with E-state index in [4.69, 9.17) is 21.4 Å². The van der Waals surface area contributed by atoms with Crippen molar-refractivity contribution in [3.63, 3.8) is 0 Å². The number of aliphatic hydroxyl groups is 1. The van der Waals surface area contributed by atoms with Crippen LogP contribution >= 0.6 is 11.6 Å². The van der Waals surface area contributed by atoms with Gasteiger partial charge in [-0.25, -0.2) is 4.98 Å². The van der Waals surface area contributed by atoms with E-state index in [-0.39, 0.29) is 6.61 Å². The second-order valence-electron chi connectivity index (χ2n) is 4.73. The molecule has 100 valence electrons. The highest BCUT2D eigenvalue weighted by Gasteiger charge is 2.25. The zero-order valence-corrected chi connectivity index (χ0v) is 11.2. The Morgan fingerprint density at radius 1 is 1.42 bits per heavy atom. The molecular weight excluding hydrogens is 264 g/mol. The number of aliphatic hydroxyl groups excluding tert-OH is 1. The van der Waals surface area contributed by atoms with E-state index in [1.165, 1.54) is 12.8 Å². The Balaban J connectivity index is 1.70. The minimum Gasteiger partial charge on any atom is -0.486 e. The average molecular weight is 279 g/mol. The summed E-state index contributed by atoms with van der Waals surface area (Å²) < 4.78 is 7.89. The molecule has 1 aliphatic carbocycles. The molecule has 1 aliphatic rings. The minimum atomic E-state index is -0.0194. The fourth-order valence-corrected chi connectivity index (χ4v) is 2.29. The zero-order valence-electron chi connectivity index (χ0n) is 10.4. The van der Waals surface area contributed by atoms with Crippen molar-refractivity contribution in [2.24, 2.45) is 0 Å². The summed E-state index contributed by atoms with van der Waals surface area (Å²) in [5, 5.41) is 9.54. The molecule has 0 saturated heterocycles. The Kier molecular flexibility index (Phi) is 3.44. The van der Waals surface area contributed by atoms with Gasteiger partial charge in [0.1, 0.15) is 12.4 Å². The summed E-state index contributed by atoms with van der Waals surface area (Å²) in [5.41, 5.74) is 1.84. The van der Waals surface area contributed by atoms with Crippen molar-refractivity contribution < 1.29 is 9.84 Å². The number of hydrogen-bond donors (Lipinski definition) is 1. The molecule has 0 atom stereocenters. The van der Waals surface area contributed by atoms with Crippen LogP contribution in [0.1, 0.15) is 30.1 Å². The van der Waals surface area contributed by atoms with Crippen LogP contribution in [0, 0.1) is 0 Å². The summed E-state index contributed by atoms with van der Waals surface area (Å²) in [6, 6.07) is 5.90. The number of hydrogen-bond acceptors (Lipinski definition) is 3. The number of aromatic nitrogens is 2. The van der Waals surface area contributed by atoms with E-state index in [1.807, 2.05) is 12.5 Å². The predicted molar refractivity (Wildman–Crippen MR) is 72.2 cm³/mol. The van der Waals surface area contributed by atoms with Crippen LogP contribution in [0.3, 0.4) is 0 Å². The molecule has 5 heteroatoms. The summed E-state index contributed by atoms with van der Waals surface area (Å²) in [5.74, 6) is 0.627. The van der Waals surface area contributed by atoms with Crippen molar-refractivity contribution in [2.75, 3.05) is 0 Å². The first kappa shape index (κ1) is 12.5. The van der Waals surface area contributed by atoms with Gasteiger partial charge in [-0.05, 0) is 30.5 Å². The monoisotopic (exact) mass is 278 g/mol. The van der Waals surface area contributed by atoms with Crippen LogP contribution in [0.2, 0.25) is 5.02 Å². The van der Waals surface area contributed by atoms with Gasteiger partial charge in [0, 0.05) is 6.04 Å². The molecule has 1 aromatic heterocycles. The number of rotatable bonds is 5. The van der Waals surface area contributed by atoms with Crippen molar-refractivity contribution in [2.45, 2.75) is 32.1 Å². The van der Waals surface area contributed by atoms with Crippen LogP contribution in [0.15, 0.2) is 30.7 Å². The lowest BCUT2D eigenvalue weighted by atomic mass is 10.2. The summed E-state index contributed by atoms with van der Waals surface area (Å²) in [4.78, 5) is 4.16. The molecule has 2 aromatic rings. The van der Waals surface area contributed by atoms with Crippen molar-refractivity contribution >= 4 is 11.6 Å². The molecule has 1 N–H and O–H groups in total. The van der Waals surface area contributed by atoms with Crippen LogP contribution in [-0.4, -0.2) is 14.7 Å². The molecule has 3 rings (SSSR count). The van der Waals surface area contributed by atoms with E-state index < -0.39 is 0 Å². The Bertz CT molecular complexity index is 579. The largest absolute Gasteiger partial charge is 0.486 e. The maximum Gasteiger partial charge on any atom is 0.138 e. The molecular formula is C14H15ClN2O2. The SMILES string of the molecule is OCc1ccc(OCc2cncn2C2CC2)c(Cl)c1. The highest BCUT2D eigenvalue weighted by atomic mass is 35.5. The molecule has 4 nitrogen and oxygen atoms in total. The molecule has 1 fully saturated rings. The molecule has 1 aromatic carbocycles. The van der Waals surface area contributed by atoms with Crippen molar-refractivity contribution in [1.82, 2.24) is 9.55 Å². The zero-order chi connectivity index (χ0) is 13.2. The van der Waals surface area contributed by atoms with Gasteiger partial charge in [0.15, 0.2) is 0 Å². The van der Waals surface area contributed by atoms with Crippen LogP contribution < -0.4 is 4.74 Å². The molecule has 1 heterocycles. The topological polar surface area (TPSA) is 47.3 Å². The molecule has 0 radical (unpaired) electrons. The lowest BCUT2D eigenvalue weighted by molar-refractivity contribution is 0.280. The van der Waals surface area contributed by atoms with Gasteiger partial charge in [-0.2, -0.15) is 0 Å². The van der Waals surface area contributed by atoms with Gasteiger partial charge in [0.05, 0.1) is 29.8 Å². The first-order valence-electron chi connectivity index (χ1n) is 6.30. The number of benzene rings is 1. The summed E-state index contributed by atoms with van der Waals surface area (Å²) in [6.45, 7) is 0.434. The molecule has 0 spiro atoms. The summed E-state index contributed by atoms with van der Waals surface area (Å²) in [7, 11) is 0. The molecule has 0 unspecified atom stereocenters. The van der Waals surface area contributed by atoms with Gasteiger partial charge >= 0.3 is 0 Å². The number of ether oxygens (including phenoxy) is 1. The molecule has 0 aliphatic heterocycles. The fraction of sp³-hybridized carbons (Fsp3) is 0.357. The van der Waals surface area contributed by atoms with Gasteiger partial charge in [0.2, 0.25) is 0 Å². The molecule has 1 saturated carbocycles. The lowest BCUT2D eigenvalue weighted by Gasteiger charge is -2.10. The van der Waals surface area contributed by atoms with Gasteiger partial charge in [0.25, 0.3) is 0 Å². The third-order valence-corrected chi connectivity index (χ3v) is 3.54. The second-order valence-corrected chi connectivity index (χ2v) is 5.14. The van der Waals surface area contributed by atoms with E-state index >= 15 is 0 Å². The maximum atomic E-state index is 9.03. The molecule has 0 amide bonds. The first-order valence-corrected chi connectivity index (χ1v) is 6.68. The fourth-order valence-electron chi connectivity index (χ4n) is 2.04. The van der Waals surface area contributed by atoms with Crippen molar-refractivity contribution in [3.05, 3.63) is 47.0 Å². The Labute approximate surface area is 116 Å². The summed E-state index contributed by atoms with van der Waals surface area (Å²) >= 11 is 6.10. The quantitative estimate of drug-likeness (QED) is 0.915. The lowest BCUT2D eigenvalue weighted by Crippen LogP contribution is -2.04. The molecule has 0 bridgehead atoms. The number of imidazole rings is 1. The first-order chi connectivity index (χ1) is 9.28. The van der Waals surface area contributed by atoms with Crippen LogP contribution in [-0.2, 0) is 13.2 Å². The van der Waals surface area contributed by atoms with Crippen LogP contribution in [0.25, 0.3) is 0 Å². The van der Waals surface area contributed by atoms with E-state index in [1.54, 1.807) is 18.2 Å². The van der Waals surface area contributed by atoms with Crippen molar-refractivity contribution in [3.8, 4) is 5.75 Å². The van der Waals surface area contributed by atoms with Crippen LogP contribution in [0.5, 0.6) is 5.75 Å². The highest BCUT2D eigenvalue weighted by Crippen LogP contribution is 2.36. The Morgan fingerprint density at radius 2 is 2.26 bits per heavy atom. The van der Waals surface area contributed by atoms with Gasteiger partial charge in [-0.15, -0.1) is 0 Å². The van der Waals surface area contributed by atoms with Gasteiger partial charge in [-0.1, -0.05) is 17.7 Å². The maximum absolute atomic E-state index is 9.03. The third kappa shape index (κ3) is 2.74. The van der Waals surface area contributed by atoms with Crippen molar-refractivity contribution in [1.29, 1.82) is 0 Å². The minimum absolute atomic E-state index is 0.0194.